The third-order valence-corrected chi connectivity index (χ3v) is 6.70. The van der Waals surface area contributed by atoms with Gasteiger partial charge in [-0.1, -0.05) is 6.07 Å². The quantitative estimate of drug-likeness (QED) is 0.644. The molecule has 8 heteroatoms. The van der Waals surface area contributed by atoms with Crippen LogP contribution < -0.4 is 9.46 Å². The van der Waals surface area contributed by atoms with E-state index in [1.807, 2.05) is 5.38 Å². The Morgan fingerprint density at radius 3 is 2.69 bits per heavy atom. The van der Waals surface area contributed by atoms with Crippen LogP contribution in [0.3, 0.4) is 0 Å². The van der Waals surface area contributed by atoms with Crippen molar-refractivity contribution in [2.75, 3.05) is 13.7 Å². The van der Waals surface area contributed by atoms with E-state index in [2.05, 4.69) is 4.72 Å². The maximum atomic E-state index is 12.8. The van der Waals surface area contributed by atoms with E-state index >= 15 is 0 Å². The van der Waals surface area contributed by atoms with Crippen LogP contribution in [0.1, 0.15) is 16.0 Å². The number of aryl methyl sites for hydroxylation is 1. The molecule has 0 aliphatic rings. The van der Waals surface area contributed by atoms with Crippen molar-refractivity contribution >= 4 is 21.4 Å². The predicted molar refractivity (Wildman–Crippen MR) is 98.9 cm³/mol. The molecule has 138 valence electrons. The van der Waals surface area contributed by atoms with Crippen LogP contribution in [0.2, 0.25) is 0 Å². The maximum Gasteiger partial charge on any atom is 0.240 e. The summed E-state index contributed by atoms with van der Waals surface area (Å²) < 4.78 is 38.2. The number of rotatable bonds is 7. The highest BCUT2D eigenvalue weighted by Crippen LogP contribution is 2.33. The van der Waals surface area contributed by atoms with E-state index in [0.717, 1.165) is 0 Å². The van der Waals surface area contributed by atoms with Crippen molar-refractivity contribution in [3.63, 3.8) is 0 Å². The standard InChI is InChI=1S/C18H19NO5S2/c1-13-10-15(23-2)5-6-16(13)26(21,22)19-12-18(20,14-7-8-24-11-14)17-4-3-9-25-17/h3-11,19-20H,12H2,1-2H3/t18-/m0/s1. The third kappa shape index (κ3) is 3.54. The minimum atomic E-state index is -3.82. The molecule has 0 saturated heterocycles. The zero-order valence-electron chi connectivity index (χ0n) is 14.3. The van der Waals surface area contributed by atoms with Crippen molar-refractivity contribution < 1.29 is 22.7 Å². The van der Waals surface area contributed by atoms with Crippen molar-refractivity contribution in [1.82, 2.24) is 4.72 Å². The van der Waals surface area contributed by atoms with Gasteiger partial charge in [-0.3, -0.25) is 0 Å². The van der Waals surface area contributed by atoms with Gasteiger partial charge in [0.2, 0.25) is 10.0 Å². The number of nitrogens with one attached hydrogen (secondary N) is 1. The van der Waals surface area contributed by atoms with Gasteiger partial charge in [-0.2, -0.15) is 0 Å². The molecule has 1 aromatic carbocycles. The van der Waals surface area contributed by atoms with E-state index in [4.69, 9.17) is 9.15 Å². The Balaban J connectivity index is 1.90. The second kappa shape index (κ2) is 7.24. The lowest BCUT2D eigenvalue weighted by molar-refractivity contribution is 0.0891. The van der Waals surface area contributed by atoms with Crippen LogP contribution in [0.15, 0.2) is 63.6 Å². The number of hydrogen-bond acceptors (Lipinski definition) is 6. The molecule has 2 heterocycles. The Morgan fingerprint density at radius 1 is 1.31 bits per heavy atom. The Hall–Kier alpha value is -2.13. The van der Waals surface area contributed by atoms with E-state index in [0.29, 0.717) is 21.8 Å². The molecule has 0 amide bonds. The zero-order valence-corrected chi connectivity index (χ0v) is 15.9. The van der Waals surface area contributed by atoms with Crippen molar-refractivity contribution in [1.29, 1.82) is 0 Å². The highest BCUT2D eigenvalue weighted by Gasteiger charge is 2.35. The van der Waals surface area contributed by atoms with E-state index in [9.17, 15) is 13.5 Å². The van der Waals surface area contributed by atoms with E-state index in [1.54, 1.807) is 37.3 Å². The first-order valence-electron chi connectivity index (χ1n) is 7.80. The predicted octanol–water partition coefficient (Wildman–Crippen LogP) is 2.87. The van der Waals surface area contributed by atoms with Gasteiger partial charge >= 0.3 is 0 Å². The summed E-state index contributed by atoms with van der Waals surface area (Å²) >= 11 is 1.34. The van der Waals surface area contributed by atoms with Gasteiger partial charge in [0.25, 0.3) is 0 Å². The summed E-state index contributed by atoms with van der Waals surface area (Å²) in [6, 6.07) is 9.89. The number of ether oxygens (including phenoxy) is 1. The molecule has 1 atom stereocenters. The average Bonchev–Trinajstić information content (AvgIpc) is 3.33. The van der Waals surface area contributed by atoms with Gasteiger partial charge in [0.1, 0.15) is 11.4 Å². The largest absolute Gasteiger partial charge is 0.497 e. The molecule has 0 aliphatic carbocycles. The molecule has 0 unspecified atom stereocenters. The fourth-order valence-corrected chi connectivity index (χ4v) is 4.80. The second-order valence-electron chi connectivity index (χ2n) is 5.81. The SMILES string of the molecule is COc1ccc(S(=O)(=O)NC[C@](O)(c2ccoc2)c2cccs2)c(C)c1. The highest BCUT2D eigenvalue weighted by atomic mass is 32.2. The molecule has 0 radical (unpaired) electrons. The normalized spacial score (nSPS) is 14.1. The summed E-state index contributed by atoms with van der Waals surface area (Å²) in [6.07, 6.45) is 2.85. The van der Waals surface area contributed by atoms with Gasteiger partial charge in [-0.25, -0.2) is 13.1 Å². The summed E-state index contributed by atoms with van der Waals surface area (Å²) in [5.41, 5.74) is -0.483. The number of thiophene rings is 1. The molecule has 26 heavy (non-hydrogen) atoms. The smallest absolute Gasteiger partial charge is 0.240 e. The zero-order chi connectivity index (χ0) is 18.8. The fraction of sp³-hybridized carbons (Fsp3) is 0.222. The lowest BCUT2D eigenvalue weighted by atomic mass is 9.95. The summed E-state index contributed by atoms with van der Waals surface area (Å²) in [7, 11) is -2.30. The van der Waals surface area contributed by atoms with Crippen molar-refractivity contribution in [3.05, 3.63) is 70.3 Å². The molecule has 0 fully saturated rings. The van der Waals surface area contributed by atoms with Crippen LogP contribution >= 0.6 is 11.3 Å². The van der Waals surface area contributed by atoms with E-state index in [1.165, 1.54) is 37.0 Å². The van der Waals surface area contributed by atoms with Crippen LogP contribution in [0.5, 0.6) is 5.75 Å². The van der Waals surface area contributed by atoms with Crippen LogP contribution in [-0.4, -0.2) is 27.2 Å². The first-order chi connectivity index (χ1) is 12.4. The number of benzene rings is 1. The fourth-order valence-electron chi connectivity index (χ4n) is 2.67. The van der Waals surface area contributed by atoms with E-state index < -0.39 is 15.6 Å². The van der Waals surface area contributed by atoms with Gasteiger partial charge in [0.05, 0.1) is 24.5 Å². The monoisotopic (exact) mass is 393 g/mol. The van der Waals surface area contributed by atoms with Gasteiger partial charge in [0, 0.05) is 17.0 Å². The van der Waals surface area contributed by atoms with Crippen molar-refractivity contribution in [3.8, 4) is 5.75 Å². The molecular formula is C18H19NO5S2. The minimum Gasteiger partial charge on any atom is -0.497 e. The molecule has 3 rings (SSSR count). The van der Waals surface area contributed by atoms with Gasteiger partial charge in [-0.05, 0) is 48.2 Å². The summed E-state index contributed by atoms with van der Waals surface area (Å²) in [4.78, 5) is 0.757. The molecule has 0 spiro atoms. The number of methoxy groups -OCH3 is 1. The molecule has 0 saturated carbocycles. The molecule has 0 bridgehead atoms. The maximum absolute atomic E-state index is 12.8. The van der Waals surface area contributed by atoms with Crippen LogP contribution in [-0.2, 0) is 15.6 Å². The topological polar surface area (TPSA) is 88.8 Å². The van der Waals surface area contributed by atoms with Crippen molar-refractivity contribution in [2.45, 2.75) is 17.4 Å². The van der Waals surface area contributed by atoms with Crippen LogP contribution in [0.25, 0.3) is 0 Å². The lowest BCUT2D eigenvalue weighted by Gasteiger charge is -2.26. The number of aliphatic hydroxyl groups is 1. The van der Waals surface area contributed by atoms with Crippen LogP contribution in [0.4, 0.5) is 0 Å². The average molecular weight is 393 g/mol. The summed E-state index contributed by atoms with van der Waals surface area (Å²) in [5, 5.41) is 13.0. The molecular weight excluding hydrogens is 374 g/mol. The summed E-state index contributed by atoms with van der Waals surface area (Å²) in [6.45, 7) is 1.47. The van der Waals surface area contributed by atoms with E-state index in [-0.39, 0.29) is 11.4 Å². The summed E-state index contributed by atoms with van der Waals surface area (Å²) in [5.74, 6) is 0.579. The van der Waals surface area contributed by atoms with Gasteiger partial charge < -0.3 is 14.3 Å². The Kier molecular flexibility index (Phi) is 5.19. The van der Waals surface area contributed by atoms with Crippen LogP contribution in [0, 0.1) is 6.92 Å². The first-order valence-corrected chi connectivity index (χ1v) is 10.2. The third-order valence-electron chi connectivity index (χ3n) is 4.12. The Labute approximate surface area is 156 Å². The number of hydrogen-bond donors (Lipinski definition) is 2. The number of furan rings is 1. The molecule has 6 nitrogen and oxygen atoms in total. The number of sulfonamides is 1. The lowest BCUT2D eigenvalue weighted by Crippen LogP contribution is -2.41. The minimum absolute atomic E-state index is 0.138. The van der Waals surface area contributed by atoms with Gasteiger partial charge in [0.15, 0.2) is 0 Å². The Bertz CT molecular complexity index is 929. The second-order valence-corrected chi connectivity index (χ2v) is 8.49. The first kappa shape index (κ1) is 18.7. The molecule has 0 aliphatic heterocycles. The van der Waals surface area contributed by atoms with Gasteiger partial charge in [-0.15, -0.1) is 11.3 Å². The highest BCUT2D eigenvalue weighted by molar-refractivity contribution is 7.89. The van der Waals surface area contributed by atoms with Crippen molar-refractivity contribution in [2.24, 2.45) is 0 Å². The molecule has 3 aromatic rings. The molecule has 2 N–H and O–H groups in total. The molecule has 2 aromatic heterocycles. The Morgan fingerprint density at radius 2 is 2.12 bits per heavy atom.